The largest absolute Gasteiger partial charge is 0.493 e. The summed E-state index contributed by atoms with van der Waals surface area (Å²) in [5.41, 5.74) is 2.42. The van der Waals surface area contributed by atoms with Crippen LogP contribution < -0.4 is 19.5 Å². The number of pyridine rings is 1. The average Bonchev–Trinajstić information content (AvgIpc) is 2.91. The zero-order chi connectivity index (χ0) is 24.2. The third-order valence-electron chi connectivity index (χ3n) is 5.80. The predicted molar refractivity (Wildman–Crippen MR) is 136 cm³/mol. The topological polar surface area (TPSA) is 69.7 Å². The first-order chi connectivity index (χ1) is 17.1. The summed E-state index contributed by atoms with van der Waals surface area (Å²) in [5.74, 6) is 2.45. The van der Waals surface area contributed by atoms with E-state index in [1.807, 2.05) is 84.9 Å². The van der Waals surface area contributed by atoms with Gasteiger partial charge in [-0.2, -0.15) is 0 Å². The molecule has 6 nitrogen and oxygen atoms in total. The fourth-order valence-corrected chi connectivity index (χ4v) is 3.97. The van der Waals surface area contributed by atoms with Gasteiger partial charge in [0.1, 0.15) is 11.5 Å². The van der Waals surface area contributed by atoms with Crippen LogP contribution in [0.2, 0.25) is 0 Å². The monoisotopic (exact) mass is 464 g/mol. The van der Waals surface area contributed by atoms with Crippen molar-refractivity contribution < 1.29 is 19.0 Å². The molecule has 1 N–H and O–H groups in total. The highest BCUT2D eigenvalue weighted by Crippen LogP contribution is 2.37. The number of hydrogen-bond acceptors (Lipinski definition) is 5. The molecule has 6 heteroatoms. The van der Waals surface area contributed by atoms with Crippen LogP contribution in [0.1, 0.15) is 15.9 Å². The standard InChI is InChI=1S/C29H24N2O4/c1-33-27-16-24-25(17-28(27)34-2)30-13-12-26(24)35-23-11-10-20-14-22(9-8-21(20)15-23)29(32)31-18-19-6-4-3-5-7-19/h3-17H,18H2,1-2H3,(H,31,32). The lowest BCUT2D eigenvalue weighted by Crippen LogP contribution is -2.22. The summed E-state index contributed by atoms with van der Waals surface area (Å²) in [5, 5.41) is 5.71. The number of ether oxygens (including phenoxy) is 3. The van der Waals surface area contributed by atoms with Gasteiger partial charge in [-0.15, -0.1) is 0 Å². The van der Waals surface area contributed by atoms with E-state index in [0.717, 1.165) is 27.2 Å². The predicted octanol–water partition coefficient (Wildman–Crippen LogP) is 6.13. The van der Waals surface area contributed by atoms with Gasteiger partial charge in [0, 0.05) is 29.8 Å². The van der Waals surface area contributed by atoms with Crippen molar-refractivity contribution in [1.82, 2.24) is 10.3 Å². The molecule has 4 aromatic carbocycles. The molecule has 174 valence electrons. The molecule has 5 aromatic rings. The molecule has 0 unspecified atom stereocenters. The Morgan fingerprint density at radius 3 is 2.34 bits per heavy atom. The second-order valence-electron chi connectivity index (χ2n) is 8.03. The SMILES string of the molecule is COc1cc2nccc(Oc3ccc4cc(C(=O)NCc5ccccc5)ccc4c3)c2cc1OC. The lowest BCUT2D eigenvalue weighted by atomic mass is 10.1. The fraction of sp³-hybridized carbons (Fsp3) is 0.103. The summed E-state index contributed by atoms with van der Waals surface area (Å²) in [6.07, 6.45) is 1.70. The molecule has 0 radical (unpaired) electrons. The number of hydrogen-bond donors (Lipinski definition) is 1. The minimum absolute atomic E-state index is 0.108. The third-order valence-corrected chi connectivity index (χ3v) is 5.80. The Hall–Kier alpha value is -4.58. The van der Waals surface area contributed by atoms with Gasteiger partial charge in [-0.1, -0.05) is 42.5 Å². The summed E-state index contributed by atoms with van der Waals surface area (Å²) >= 11 is 0. The molecule has 1 amide bonds. The van der Waals surface area contributed by atoms with Gasteiger partial charge in [-0.25, -0.2) is 0 Å². The van der Waals surface area contributed by atoms with E-state index in [1.165, 1.54) is 0 Å². The van der Waals surface area contributed by atoms with E-state index in [1.54, 1.807) is 20.4 Å². The van der Waals surface area contributed by atoms with Crippen molar-refractivity contribution in [2.75, 3.05) is 14.2 Å². The number of nitrogens with zero attached hydrogens (tertiary/aromatic N) is 1. The summed E-state index contributed by atoms with van der Waals surface area (Å²) in [6.45, 7) is 0.487. The number of carbonyl (C=O) groups is 1. The summed E-state index contributed by atoms with van der Waals surface area (Å²) in [7, 11) is 3.19. The van der Waals surface area contributed by atoms with Crippen LogP contribution in [0.3, 0.4) is 0 Å². The molecule has 0 fully saturated rings. The third kappa shape index (κ3) is 4.73. The molecule has 1 heterocycles. The van der Waals surface area contributed by atoms with E-state index in [-0.39, 0.29) is 5.91 Å². The van der Waals surface area contributed by atoms with E-state index in [9.17, 15) is 4.79 Å². The van der Waals surface area contributed by atoms with Crippen LogP contribution in [-0.2, 0) is 6.54 Å². The zero-order valence-electron chi connectivity index (χ0n) is 19.4. The number of benzene rings is 4. The lowest BCUT2D eigenvalue weighted by molar-refractivity contribution is 0.0951. The highest BCUT2D eigenvalue weighted by molar-refractivity contribution is 5.99. The molecule has 35 heavy (non-hydrogen) atoms. The summed E-state index contributed by atoms with van der Waals surface area (Å²) < 4.78 is 17.0. The second kappa shape index (κ2) is 9.73. The van der Waals surface area contributed by atoms with Crippen molar-refractivity contribution in [2.24, 2.45) is 0 Å². The number of methoxy groups -OCH3 is 2. The lowest BCUT2D eigenvalue weighted by Gasteiger charge is -2.13. The quantitative estimate of drug-likeness (QED) is 0.314. The van der Waals surface area contributed by atoms with Crippen LogP contribution in [0.15, 0.2) is 91.1 Å². The van der Waals surface area contributed by atoms with Crippen molar-refractivity contribution in [3.63, 3.8) is 0 Å². The van der Waals surface area contributed by atoms with Gasteiger partial charge in [0.25, 0.3) is 5.91 Å². The maximum atomic E-state index is 12.6. The van der Waals surface area contributed by atoms with E-state index >= 15 is 0 Å². The van der Waals surface area contributed by atoms with Crippen molar-refractivity contribution >= 4 is 27.6 Å². The minimum Gasteiger partial charge on any atom is -0.493 e. The van der Waals surface area contributed by atoms with Crippen LogP contribution in [0, 0.1) is 0 Å². The molecule has 0 saturated carbocycles. The van der Waals surface area contributed by atoms with Crippen molar-refractivity contribution in [3.8, 4) is 23.0 Å². The van der Waals surface area contributed by atoms with Crippen LogP contribution in [0.25, 0.3) is 21.7 Å². The van der Waals surface area contributed by atoms with E-state index in [0.29, 0.717) is 35.1 Å². The Morgan fingerprint density at radius 1 is 0.800 bits per heavy atom. The molecule has 0 aliphatic carbocycles. The van der Waals surface area contributed by atoms with Crippen molar-refractivity contribution in [3.05, 3.63) is 102 Å². The first-order valence-electron chi connectivity index (χ1n) is 11.2. The first-order valence-corrected chi connectivity index (χ1v) is 11.2. The number of amides is 1. The second-order valence-corrected chi connectivity index (χ2v) is 8.03. The molecular formula is C29H24N2O4. The Kier molecular flexibility index (Phi) is 6.18. The Bertz CT molecular complexity index is 1520. The zero-order valence-corrected chi connectivity index (χ0v) is 19.4. The van der Waals surface area contributed by atoms with E-state index in [2.05, 4.69) is 10.3 Å². The van der Waals surface area contributed by atoms with Gasteiger partial charge in [0.15, 0.2) is 11.5 Å². The molecule has 0 aliphatic heterocycles. The molecule has 5 rings (SSSR count). The van der Waals surface area contributed by atoms with Gasteiger partial charge in [-0.05, 0) is 52.7 Å². The molecule has 0 aliphatic rings. The van der Waals surface area contributed by atoms with Crippen LogP contribution in [0.4, 0.5) is 0 Å². The summed E-state index contributed by atoms with van der Waals surface area (Å²) in [6, 6.07) is 26.8. The number of aromatic nitrogens is 1. The van der Waals surface area contributed by atoms with E-state index in [4.69, 9.17) is 14.2 Å². The number of rotatable bonds is 7. The molecule has 0 atom stereocenters. The van der Waals surface area contributed by atoms with E-state index < -0.39 is 0 Å². The highest BCUT2D eigenvalue weighted by atomic mass is 16.5. The maximum absolute atomic E-state index is 12.6. The number of fused-ring (bicyclic) bond motifs is 2. The molecule has 0 spiro atoms. The van der Waals surface area contributed by atoms with Gasteiger partial charge in [-0.3, -0.25) is 9.78 Å². The number of nitrogens with one attached hydrogen (secondary N) is 1. The van der Waals surface area contributed by atoms with Crippen LogP contribution >= 0.6 is 0 Å². The highest BCUT2D eigenvalue weighted by Gasteiger charge is 2.12. The molecule has 0 saturated heterocycles. The van der Waals surface area contributed by atoms with Crippen LogP contribution in [0.5, 0.6) is 23.0 Å². The Labute approximate surface area is 203 Å². The molecule has 0 bridgehead atoms. The van der Waals surface area contributed by atoms with Crippen molar-refractivity contribution in [2.45, 2.75) is 6.54 Å². The van der Waals surface area contributed by atoms with Gasteiger partial charge >= 0.3 is 0 Å². The van der Waals surface area contributed by atoms with Crippen LogP contribution in [-0.4, -0.2) is 25.1 Å². The minimum atomic E-state index is -0.108. The smallest absolute Gasteiger partial charge is 0.251 e. The fourth-order valence-electron chi connectivity index (χ4n) is 3.97. The van der Waals surface area contributed by atoms with Gasteiger partial charge in [0.05, 0.1) is 19.7 Å². The van der Waals surface area contributed by atoms with Gasteiger partial charge in [0.2, 0.25) is 0 Å². The molecular weight excluding hydrogens is 440 g/mol. The average molecular weight is 465 g/mol. The normalized spacial score (nSPS) is 10.8. The van der Waals surface area contributed by atoms with Crippen molar-refractivity contribution in [1.29, 1.82) is 0 Å². The number of carbonyl (C=O) groups excluding carboxylic acids is 1. The maximum Gasteiger partial charge on any atom is 0.251 e. The Morgan fingerprint density at radius 2 is 1.54 bits per heavy atom. The summed E-state index contributed by atoms with van der Waals surface area (Å²) in [4.78, 5) is 17.1. The van der Waals surface area contributed by atoms with Gasteiger partial charge < -0.3 is 19.5 Å². The molecule has 1 aromatic heterocycles. The first kappa shape index (κ1) is 22.2. The Balaban J connectivity index is 1.37.